The highest BCUT2D eigenvalue weighted by atomic mass is 16.6. The Morgan fingerprint density at radius 2 is 2.00 bits per heavy atom. The van der Waals surface area contributed by atoms with E-state index < -0.39 is 4.92 Å². The van der Waals surface area contributed by atoms with Crippen LogP contribution < -0.4 is 5.43 Å². The zero-order chi connectivity index (χ0) is 15.8. The molecule has 0 spiro atoms. The number of amides is 1. The van der Waals surface area contributed by atoms with Crippen molar-refractivity contribution in [2.24, 2.45) is 11.0 Å². The summed E-state index contributed by atoms with van der Waals surface area (Å²) in [6, 6.07) is 6.45. The first-order valence-corrected chi connectivity index (χ1v) is 7.41. The van der Waals surface area contributed by atoms with Crippen molar-refractivity contribution < 1.29 is 9.72 Å². The fourth-order valence-electron chi connectivity index (χ4n) is 2.54. The maximum atomic E-state index is 11.8. The van der Waals surface area contributed by atoms with E-state index in [1.54, 1.807) is 30.4 Å². The van der Waals surface area contributed by atoms with Crippen LogP contribution in [0.4, 0.5) is 5.69 Å². The maximum Gasteiger partial charge on any atom is 0.276 e. The van der Waals surface area contributed by atoms with Crippen molar-refractivity contribution in [1.82, 2.24) is 5.43 Å². The Kier molecular flexibility index (Phi) is 5.82. The number of hydrogen-bond acceptors (Lipinski definition) is 4. The van der Waals surface area contributed by atoms with Crippen molar-refractivity contribution in [3.8, 4) is 0 Å². The highest BCUT2D eigenvalue weighted by molar-refractivity contribution is 5.83. The number of para-hydroxylation sites is 1. The third-order valence-corrected chi connectivity index (χ3v) is 3.72. The molecule has 6 nitrogen and oxygen atoms in total. The lowest BCUT2D eigenvalue weighted by Crippen LogP contribution is -2.28. The standard InChI is InChI=1S/C16H19N3O3/c20-16(14-8-2-1-3-9-14)18-17-12-6-10-13-7-4-5-11-15(13)19(21)22/h4-7,10-12,14H,1-3,8-9H2,(H,18,20)/b10-6+,17-12-. The number of rotatable bonds is 5. The summed E-state index contributed by atoms with van der Waals surface area (Å²) in [5.41, 5.74) is 3.06. The van der Waals surface area contributed by atoms with Crippen LogP contribution >= 0.6 is 0 Å². The minimum atomic E-state index is -0.429. The molecule has 0 heterocycles. The summed E-state index contributed by atoms with van der Waals surface area (Å²) >= 11 is 0. The predicted octanol–water partition coefficient (Wildman–Crippen LogP) is 3.29. The van der Waals surface area contributed by atoms with Gasteiger partial charge in [0.2, 0.25) is 5.91 Å². The van der Waals surface area contributed by atoms with E-state index in [2.05, 4.69) is 10.5 Å². The fourth-order valence-corrected chi connectivity index (χ4v) is 2.54. The third-order valence-electron chi connectivity index (χ3n) is 3.72. The quantitative estimate of drug-likeness (QED) is 0.514. The van der Waals surface area contributed by atoms with E-state index in [0.29, 0.717) is 5.56 Å². The molecular weight excluding hydrogens is 282 g/mol. The van der Waals surface area contributed by atoms with Crippen molar-refractivity contribution in [2.45, 2.75) is 32.1 Å². The third kappa shape index (κ3) is 4.51. The van der Waals surface area contributed by atoms with E-state index in [0.717, 1.165) is 25.7 Å². The Balaban J connectivity index is 1.87. The monoisotopic (exact) mass is 301 g/mol. The molecule has 1 N–H and O–H groups in total. The highest BCUT2D eigenvalue weighted by Crippen LogP contribution is 2.23. The van der Waals surface area contributed by atoms with Crippen LogP contribution in [0.2, 0.25) is 0 Å². The second-order valence-corrected chi connectivity index (χ2v) is 5.26. The molecule has 1 amide bonds. The minimum absolute atomic E-state index is 0.0402. The van der Waals surface area contributed by atoms with Gasteiger partial charge < -0.3 is 0 Å². The summed E-state index contributed by atoms with van der Waals surface area (Å²) in [6.07, 6.45) is 9.83. The number of carbonyl (C=O) groups excluding carboxylic acids is 1. The molecule has 2 rings (SSSR count). The van der Waals surface area contributed by atoms with Gasteiger partial charge in [0.05, 0.1) is 10.5 Å². The summed E-state index contributed by atoms with van der Waals surface area (Å²) in [7, 11) is 0. The zero-order valence-corrected chi connectivity index (χ0v) is 12.3. The number of nitro groups is 1. The van der Waals surface area contributed by atoms with Crippen molar-refractivity contribution in [3.05, 3.63) is 46.0 Å². The summed E-state index contributed by atoms with van der Waals surface area (Å²) in [4.78, 5) is 22.3. The second kappa shape index (κ2) is 8.07. The summed E-state index contributed by atoms with van der Waals surface area (Å²) in [5.74, 6) is 0.0140. The van der Waals surface area contributed by atoms with Gasteiger partial charge in [0, 0.05) is 18.2 Å². The SMILES string of the molecule is O=C(N/N=C\C=C\c1ccccc1[N+](=O)[O-])C1CCCCC1. The lowest BCUT2D eigenvalue weighted by Gasteiger charge is -2.19. The number of nitro benzene ring substituents is 1. The van der Waals surface area contributed by atoms with Crippen LogP contribution in [0.25, 0.3) is 6.08 Å². The van der Waals surface area contributed by atoms with Gasteiger partial charge in [0.15, 0.2) is 0 Å². The largest absolute Gasteiger partial charge is 0.276 e. The van der Waals surface area contributed by atoms with E-state index in [9.17, 15) is 14.9 Å². The Morgan fingerprint density at radius 3 is 2.73 bits per heavy atom. The topological polar surface area (TPSA) is 84.6 Å². The summed E-state index contributed by atoms with van der Waals surface area (Å²) < 4.78 is 0. The van der Waals surface area contributed by atoms with Gasteiger partial charge in [-0.15, -0.1) is 0 Å². The van der Waals surface area contributed by atoms with Gasteiger partial charge in [0.25, 0.3) is 5.69 Å². The molecule has 0 aliphatic heterocycles. The van der Waals surface area contributed by atoms with E-state index in [-0.39, 0.29) is 17.5 Å². The first kappa shape index (κ1) is 15.9. The second-order valence-electron chi connectivity index (χ2n) is 5.26. The molecule has 0 bridgehead atoms. The van der Waals surface area contributed by atoms with E-state index in [4.69, 9.17) is 0 Å². The average Bonchev–Trinajstić information content (AvgIpc) is 2.55. The van der Waals surface area contributed by atoms with Gasteiger partial charge in [-0.2, -0.15) is 5.10 Å². The molecule has 1 aliphatic rings. The number of hydrogen-bond donors (Lipinski definition) is 1. The van der Waals surface area contributed by atoms with Gasteiger partial charge in [-0.25, -0.2) is 5.43 Å². The molecule has 1 aliphatic carbocycles. The Labute approximate surface area is 129 Å². The van der Waals surface area contributed by atoms with Crippen molar-refractivity contribution in [3.63, 3.8) is 0 Å². The van der Waals surface area contributed by atoms with Crippen molar-refractivity contribution in [2.75, 3.05) is 0 Å². The molecule has 1 saturated carbocycles. The van der Waals surface area contributed by atoms with Crippen LogP contribution in [0.15, 0.2) is 35.4 Å². The molecule has 116 valence electrons. The number of allylic oxidation sites excluding steroid dienone is 1. The van der Waals surface area contributed by atoms with Crippen LogP contribution in [0.3, 0.4) is 0 Å². The Hall–Kier alpha value is -2.50. The Bertz CT molecular complexity index is 590. The summed E-state index contributed by atoms with van der Waals surface area (Å²) in [6.45, 7) is 0. The molecule has 1 aromatic rings. The van der Waals surface area contributed by atoms with Crippen molar-refractivity contribution in [1.29, 1.82) is 0 Å². The molecule has 1 fully saturated rings. The first-order chi connectivity index (χ1) is 10.7. The van der Waals surface area contributed by atoms with Crippen LogP contribution in [0.1, 0.15) is 37.7 Å². The lowest BCUT2D eigenvalue weighted by molar-refractivity contribution is -0.385. The van der Waals surface area contributed by atoms with Crippen LogP contribution in [0.5, 0.6) is 0 Å². The van der Waals surface area contributed by atoms with Crippen LogP contribution in [0, 0.1) is 16.0 Å². The van der Waals surface area contributed by atoms with Crippen LogP contribution in [-0.4, -0.2) is 17.0 Å². The average molecular weight is 301 g/mol. The fraction of sp³-hybridized carbons (Fsp3) is 0.375. The molecule has 0 radical (unpaired) electrons. The highest BCUT2D eigenvalue weighted by Gasteiger charge is 2.20. The van der Waals surface area contributed by atoms with Gasteiger partial charge in [-0.3, -0.25) is 14.9 Å². The predicted molar refractivity (Wildman–Crippen MR) is 85.3 cm³/mol. The molecule has 22 heavy (non-hydrogen) atoms. The molecular formula is C16H19N3O3. The number of carbonyl (C=O) groups is 1. The Morgan fingerprint density at radius 1 is 1.27 bits per heavy atom. The van der Waals surface area contributed by atoms with Gasteiger partial charge in [0.1, 0.15) is 0 Å². The molecule has 6 heteroatoms. The van der Waals surface area contributed by atoms with E-state index >= 15 is 0 Å². The molecule has 0 aromatic heterocycles. The van der Waals surface area contributed by atoms with Gasteiger partial charge in [-0.05, 0) is 31.1 Å². The lowest BCUT2D eigenvalue weighted by atomic mass is 9.89. The van der Waals surface area contributed by atoms with Gasteiger partial charge >= 0.3 is 0 Å². The molecule has 1 aromatic carbocycles. The minimum Gasteiger partial charge on any atom is -0.273 e. The normalized spacial score (nSPS) is 16.2. The summed E-state index contributed by atoms with van der Waals surface area (Å²) in [5, 5.41) is 14.7. The van der Waals surface area contributed by atoms with Gasteiger partial charge in [-0.1, -0.05) is 31.4 Å². The smallest absolute Gasteiger partial charge is 0.273 e. The number of hydrazone groups is 1. The van der Waals surface area contributed by atoms with Crippen molar-refractivity contribution >= 4 is 23.9 Å². The molecule has 0 atom stereocenters. The number of nitrogens with one attached hydrogen (secondary N) is 1. The molecule has 0 unspecified atom stereocenters. The number of benzene rings is 1. The van der Waals surface area contributed by atoms with E-state index in [1.165, 1.54) is 18.7 Å². The zero-order valence-electron chi connectivity index (χ0n) is 12.3. The van der Waals surface area contributed by atoms with Crippen LogP contribution in [-0.2, 0) is 4.79 Å². The first-order valence-electron chi connectivity index (χ1n) is 7.41. The number of nitrogens with zero attached hydrogens (tertiary/aromatic N) is 2. The molecule has 0 saturated heterocycles. The van der Waals surface area contributed by atoms with E-state index in [1.807, 2.05) is 0 Å². The maximum absolute atomic E-state index is 11.8.